The Bertz CT molecular complexity index is 617. The van der Waals surface area contributed by atoms with E-state index in [1.807, 2.05) is 6.92 Å². The lowest BCUT2D eigenvalue weighted by Crippen LogP contribution is -2.45. The minimum absolute atomic E-state index is 0.135. The van der Waals surface area contributed by atoms with Crippen molar-refractivity contribution in [2.45, 2.75) is 33.1 Å². The van der Waals surface area contributed by atoms with Gasteiger partial charge in [-0.05, 0) is 44.7 Å². The van der Waals surface area contributed by atoms with Crippen LogP contribution in [-0.4, -0.2) is 24.9 Å². The second kappa shape index (κ2) is 6.64. The van der Waals surface area contributed by atoms with Crippen LogP contribution >= 0.6 is 0 Å². The molecule has 0 spiro atoms. The van der Waals surface area contributed by atoms with E-state index in [0.29, 0.717) is 13.0 Å². The predicted molar refractivity (Wildman–Crippen MR) is 82.7 cm³/mol. The van der Waals surface area contributed by atoms with Crippen LogP contribution in [0.25, 0.3) is 0 Å². The summed E-state index contributed by atoms with van der Waals surface area (Å²) in [6, 6.07) is 4.01. The van der Waals surface area contributed by atoms with Gasteiger partial charge >= 0.3 is 0 Å². The Kier molecular flexibility index (Phi) is 5.02. The van der Waals surface area contributed by atoms with Crippen LogP contribution in [0.5, 0.6) is 0 Å². The third-order valence-corrected chi connectivity index (χ3v) is 4.16. The molecule has 0 aliphatic heterocycles. The molecule has 1 aliphatic carbocycles. The highest BCUT2D eigenvalue weighted by Gasteiger charge is 2.46. The van der Waals surface area contributed by atoms with Crippen molar-refractivity contribution in [3.05, 3.63) is 35.4 Å². The van der Waals surface area contributed by atoms with E-state index in [9.17, 15) is 18.4 Å². The van der Waals surface area contributed by atoms with Crippen LogP contribution in [-0.2, 0) is 9.59 Å². The molecule has 0 unspecified atom stereocenters. The topological polar surface area (TPSA) is 58.2 Å². The fourth-order valence-corrected chi connectivity index (χ4v) is 2.55. The van der Waals surface area contributed by atoms with E-state index in [0.717, 1.165) is 6.07 Å². The minimum Gasteiger partial charge on any atom is -0.356 e. The van der Waals surface area contributed by atoms with Crippen molar-refractivity contribution in [1.29, 1.82) is 0 Å². The number of benzene rings is 1. The van der Waals surface area contributed by atoms with Gasteiger partial charge in [-0.25, -0.2) is 8.78 Å². The monoisotopic (exact) mass is 324 g/mol. The summed E-state index contributed by atoms with van der Waals surface area (Å²) in [4.78, 5) is 24.0. The molecule has 0 heterocycles. The number of nitrogens with one attached hydrogen (secondary N) is 2. The van der Waals surface area contributed by atoms with Crippen LogP contribution in [0.1, 0.15) is 38.7 Å². The molecule has 4 nitrogen and oxygen atoms in total. The molecule has 0 bridgehead atoms. The molecule has 23 heavy (non-hydrogen) atoms. The Hall–Kier alpha value is -1.98. The van der Waals surface area contributed by atoms with Gasteiger partial charge in [0.05, 0.1) is 5.41 Å². The van der Waals surface area contributed by atoms with Gasteiger partial charge < -0.3 is 10.6 Å². The Labute approximate surface area is 134 Å². The van der Waals surface area contributed by atoms with Gasteiger partial charge in [-0.2, -0.15) is 0 Å². The molecule has 126 valence electrons. The number of carbonyl (C=O) groups excluding carboxylic acids is 2. The van der Waals surface area contributed by atoms with Crippen molar-refractivity contribution in [1.82, 2.24) is 10.6 Å². The second-order valence-corrected chi connectivity index (χ2v) is 6.55. The van der Waals surface area contributed by atoms with E-state index < -0.39 is 17.0 Å². The van der Waals surface area contributed by atoms with Crippen molar-refractivity contribution < 1.29 is 18.4 Å². The first kappa shape index (κ1) is 17.4. The maximum absolute atomic E-state index is 13.7. The van der Waals surface area contributed by atoms with Crippen LogP contribution in [0.3, 0.4) is 0 Å². The summed E-state index contributed by atoms with van der Waals surface area (Å²) in [7, 11) is 0. The zero-order chi connectivity index (χ0) is 17.2. The molecule has 1 aliphatic rings. The number of hydrogen-bond acceptors (Lipinski definition) is 2. The van der Waals surface area contributed by atoms with Crippen molar-refractivity contribution in [3.63, 3.8) is 0 Å². The van der Waals surface area contributed by atoms with Gasteiger partial charge in [0.15, 0.2) is 11.6 Å². The average Bonchev–Trinajstić information content (AvgIpc) is 3.28. The fourth-order valence-electron chi connectivity index (χ4n) is 2.55. The SMILES string of the molecule is CCNC(=O)C(C)(C)CNC(=O)[C@@H]1C[C@@H]1c1cccc(F)c1F. The number of carbonyl (C=O) groups is 2. The lowest BCUT2D eigenvalue weighted by atomic mass is 9.92. The summed E-state index contributed by atoms with van der Waals surface area (Å²) in [6.07, 6.45) is 0.494. The zero-order valence-electron chi connectivity index (χ0n) is 13.6. The quantitative estimate of drug-likeness (QED) is 0.844. The minimum atomic E-state index is -0.897. The zero-order valence-corrected chi connectivity index (χ0v) is 13.6. The van der Waals surface area contributed by atoms with Gasteiger partial charge in [0.1, 0.15) is 0 Å². The van der Waals surface area contributed by atoms with Crippen molar-refractivity contribution >= 4 is 11.8 Å². The predicted octanol–water partition coefficient (Wildman–Crippen LogP) is 2.35. The van der Waals surface area contributed by atoms with E-state index >= 15 is 0 Å². The third-order valence-electron chi connectivity index (χ3n) is 4.16. The summed E-state index contributed by atoms with van der Waals surface area (Å²) < 4.78 is 27.0. The van der Waals surface area contributed by atoms with E-state index in [4.69, 9.17) is 0 Å². The summed E-state index contributed by atoms with van der Waals surface area (Å²) in [5.41, 5.74) is -0.478. The number of halogens is 2. The Balaban J connectivity index is 1.91. The first-order valence-corrected chi connectivity index (χ1v) is 7.78. The maximum atomic E-state index is 13.7. The first-order chi connectivity index (χ1) is 10.8. The highest BCUT2D eigenvalue weighted by molar-refractivity contribution is 5.85. The molecule has 1 saturated carbocycles. The molecule has 6 heteroatoms. The first-order valence-electron chi connectivity index (χ1n) is 7.78. The maximum Gasteiger partial charge on any atom is 0.227 e. The Morgan fingerprint density at radius 3 is 2.61 bits per heavy atom. The smallest absolute Gasteiger partial charge is 0.227 e. The van der Waals surface area contributed by atoms with Gasteiger partial charge in [-0.3, -0.25) is 9.59 Å². The van der Waals surface area contributed by atoms with E-state index in [2.05, 4.69) is 10.6 Å². The molecule has 1 aromatic carbocycles. The average molecular weight is 324 g/mol. The van der Waals surface area contributed by atoms with E-state index in [1.54, 1.807) is 13.8 Å². The van der Waals surface area contributed by atoms with Crippen LogP contribution in [0.2, 0.25) is 0 Å². The molecular formula is C17H22F2N2O2. The highest BCUT2D eigenvalue weighted by Crippen LogP contribution is 2.48. The van der Waals surface area contributed by atoms with Crippen LogP contribution in [0.4, 0.5) is 8.78 Å². The van der Waals surface area contributed by atoms with Gasteiger partial charge in [0.25, 0.3) is 0 Å². The summed E-state index contributed by atoms with van der Waals surface area (Å²) in [5, 5.41) is 5.46. The normalized spacial score (nSPS) is 20.0. The van der Waals surface area contributed by atoms with Crippen molar-refractivity contribution in [3.8, 4) is 0 Å². The molecule has 0 radical (unpaired) electrons. The lowest BCUT2D eigenvalue weighted by molar-refractivity contribution is -0.130. The molecule has 0 aromatic heterocycles. The van der Waals surface area contributed by atoms with Crippen molar-refractivity contribution in [2.75, 3.05) is 13.1 Å². The highest BCUT2D eigenvalue weighted by atomic mass is 19.2. The summed E-state index contributed by atoms with van der Waals surface area (Å²) in [6.45, 7) is 6.05. The molecule has 1 aromatic rings. The van der Waals surface area contributed by atoms with Gasteiger partial charge in [0, 0.05) is 19.0 Å². The van der Waals surface area contributed by atoms with Gasteiger partial charge in [-0.1, -0.05) is 12.1 Å². The van der Waals surface area contributed by atoms with E-state index in [-0.39, 0.29) is 35.8 Å². The number of rotatable bonds is 6. The van der Waals surface area contributed by atoms with Crippen LogP contribution < -0.4 is 10.6 Å². The van der Waals surface area contributed by atoms with E-state index in [1.165, 1.54) is 12.1 Å². The largest absolute Gasteiger partial charge is 0.356 e. The molecule has 2 atom stereocenters. The molecule has 0 saturated heterocycles. The Morgan fingerprint density at radius 1 is 1.26 bits per heavy atom. The van der Waals surface area contributed by atoms with Crippen LogP contribution in [0.15, 0.2) is 18.2 Å². The summed E-state index contributed by atoms with van der Waals surface area (Å²) in [5.74, 6) is -2.80. The Morgan fingerprint density at radius 2 is 1.96 bits per heavy atom. The van der Waals surface area contributed by atoms with Crippen LogP contribution in [0, 0.1) is 23.0 Å². The fraction of sp³-hybridized carbons (Fsp3) is 0.529. The molecule has 2 N–H and O–H groups in total. The summed E-state index contributed by atoms with van der Waals surface area (Å²) >= 11 is 0. The van der Waals surface area contributed by atoms with Gasteiger partial charge in [0.2, 0.25) is 11.8 Å². The number of amides is 2. The van der Waals surface area contributed by atoms with Gasteiger partial charge in [-0.15, -0.1) is 0 Å². The molecule has 1 fully saturated rings. The standard InChI is InChI=1S/C17H22F2N2O2/c1-4-20-16(23)17(2,3)9-21-15(22)12-8-11(12)10-6-5-7-13(18)14(10)19/h5-7,11-12H,4,8-9H2,1-3H3,(H,20,23)(H,21,22)/t11-,12-/m1/s1. The van der Waals surface area contributed by atoms with Crippen molar-refractivity contribution in [2.24, 2.45) is 11.3 Å². The molecule has 2 rings (SSSR count). The molecular weight excluding hydrogens is 302 g/mol. The second-order valence-electron chi connectivity index (χ2n) is 6.55. The third kappa shape index (κ3) is 3.86. The lowest BCUT2D eigenvalue weighted by Gasteiger charge is -2.23. The molecule has 2 amide bonds. The number of hydrogen-bond donors (Lipinski definition) is 2.